The average Bonchev–Trinajstić information content (AvgIpc) is 2.75. The first kappa shape index (κ1) is 22.7. The van der Waals surface area contributed by atoms with E-state index in [1.807, 2.05) is 0 Å². The van der Waals surface area contributed by atoms with Crippen molar-refractivity contribution in [2.24, 2.45) is 5.92 Å². The highest BCUT2D eigenvalue weighted by molar-refractivity contribution is 7.92. The smallest absolute Gasteiger partial charge is 0.416 e. The summed E-state index contributed by atoms with van der Waals surface area (Å²) in [6.45, 7) is 3.28. The summed E-state index contributed by atoms with van der Waals surface area (Å²) >= 11 is 0. The van der Waals surface area contributed by atoms with Crippen molar-refractivity contribution in [1.29, 1.82) is 0 Å². The Morgan fingerprint density at radius 3 is 2.38 bits per heavy atom. The van der Waals surface area contributed by atoms with Crippen LogP contribution in [0.2, 0.25) is 0 Å². The minimum atomic E-state index is -4.66. The van der Waals surface area contributed by atoms with Gasteiger partial charge in [0.2, 0.25) is 0 Å². The van der Waals surface area contributed by atoms with E-state index < -0.39 is 66.2 Å². The molecule has 172 valence electrons. The van der Waals surface area contributed by atoms with Crippen LogP contribution in [0.1, 0.15) is 24.0 Å². The van der Waals surface area contributed by atoms with E-state index in [0.29, 0.717) is 12.1 Å². The molecule has 4 nitrogen and oxygen atoms in total. The molecule has 2 aliphatic heterocycles. The van der Waals surface area contributed by atoms with Gasteiger partial charge in [0, 0.05) is 12.5 Å². The monoisotopic (exact) mass is 474 g/mol. The summed E-state index contributed by atoms with van der Waals surface area (Å²) in [5.74, 6) is -3.34. The van der Waals surface area contributed by atoms with Crippen LogP contribution in [0.15, 0.2) is 53.9 Å². The molecule has 4 rings (SSSR count). The third-order valence-electron chi connectivity index (χ3n) is 6.11. The molecule has 0 aromatic heterocycles. The maximum Gasteiger partial charge on any atom is 0.416 e. The Bertz CT molecular complexity index is 1140. The number of benzene rings is 2. The van der Waals surface area contributed by atoms with Gasteiger partial charge in [0.1, 0.15) is 10.6 Å². The highest BCUT2D eigenvalue weighted by Gasteiger charge is 2.61. The zero-order chi connectivity index (χ0) is 23.3. The highest BCUT2D eigenvalue weighted by atomic mass is 32.2. The first-order valence-corrected chi connectivity index (χ1v) is 11.3. The summed E-state index contributed by atoms with van der Waals surface area (Å²) in [5, 5.41) is 0. The lowest BCUT2D eigenvalue weighted by Gasteiger charge is -2.50. The van der Waals surface area contributed by atoms with Gasteiger partial charge in [-0.15, -0.1) is 6.58 Å². The van der Waals surface area contributed by atoms with Crippen LogP contribution in [0.25, 0.3) is 0 Å². The van der Waals surface area contributed by atoms with Gasteiger partial charge in [-0.3, -0.25) is 0 Å². The fraction of sp³-hybridized carbons (Fsp3) is 0.364. The van der Waals surface area contributed by atoms with Gasteiger partial charge in [-0.1, -0.05) is 6.08 Å². The van der Waals surface area contributed by atoms with Crippen molar-refractivity contribution >= 4 is 9.84 Å². The molecule has 0 unspecified atom stereocenters. The molecule has 0 aliphatic carbocycles. The second-order valence-corrected chi connectivity index (χ2v) is 9.96. The number of halogens is 5. The number of alkyl halides is 3. The lowest BCUT2D eigenvalue weighted by molar-refractivity contribution is -0.137. The molecule has 0 radical (unpaired) electrons. The molecule has 0 saturated carbocycles. The zero-order valence-electron chi connectivity index (χ0n) is 16.7. The normalized spacial score (nSPS) is 25.4. The van der Waals surface area contributed by atoms with E-state index >= 15 is 4.39 Å². The Hall–Kier alpha value is -2.46. The fourth-order valence-corrected chi connectivity index (χ4v) is 7.00. The third kappa shape index (κ3) is 3.31. The van der Waals surface area contributed by atoms with E-state index in [0.717, 1.165) is 24.3 Å². The van der Waals surface area contributed by atoms with Gasteiger partial charge in [0.05, 0.1) is 28.7 Å². The van der Waals surface area contributed by atoms with Crippen LogP contribution in [0.4, 0.5) is 22.0 Å². The molecule has 10 heteroatoms. The molecule has 0 amide bonds. The first-order valence-electron chi connectivity index (χ1n) is 9.79. The van der Waals surface area contributed by atoms with Crippen molar-refractivity contribution in [3.8, 4) is 5.75 Å². The lowest BCUT2D eigenvalue weighted by atomic mass is 9.75. The van der Waals surface area contributed by atoms with Gasteiger partial charge in [0.15, 0.2) is 21.4 Å². The fourth-order valence-electron chi connectivity index (χ4n) is 4.66. The largest absolute Gasteiger partial charge is 0.490 e. The van der Waals surface area contributed by atoms with Crippen LogP contribution in [-0.2, 0) is 25.5 Å². The average molecular weight is 474 g/mol. The van der Waals surface area contributed by atoms with E-state index in [1.165, 1.54) is 6.08 Å². The zero-order valence-corrected chi connectivity index (χ0v) is 17.5. The summed E-state index contributed by atoms with van der Waals surface area (Å²) in [5.41, 5.74) is -1.47. The van der Waals surface area contributed by atoms with Crippen LogP contribution in [0.5, 0.6) is 5.75 Å². The number of hydrogen-bond acceptors (Lipinski definition) is 4. The number of fused-ring (bicyclic) bond motifs is 3. The Morgan fingerprint density at radius 1 is 1.09 bits per heavy atom. The molecule has 0 N–H and O–H groups in total. The summed E-state index contributed by atoms with van der Waals surface area (Å²) < 4.78 is 106. The van der Waals surface area contributed by atoms with E-state index in [-0.39, 0.29) is 26.1 Å². The number of sulfone groups is 1. The van der Waals surface area contributed by atoms with E-state index in [9.17, 15) is 26.0 Å². The molecule has 2 heterocycles. The Labute approximate surface area is 181 Å². The van der Waals surface area contributed by atoms with Crippen LogP contribution in [0, 0.1) is 17.6 Å². The molecule has 2 aromatic rings. The topological polar surface area (TPSA) is 52.6 Å². The van der Waals surface area contributed by atoms with Crippen molar-refractivity contribution in [1.82, 2.24) is 0 Å². The van der Waals surface area contributed by atoms with Crippen molar-refractivity contribution < 1.29 is 39.8 Å². The highest BCUT2D eigenvalue weighted by Crippen LogP contribution is 2.56. The molecule has 1 saturated heterocycles. The Kier molecular flexibility index (Phi) is 5.57. The van der Waals surface area contributed by atoms with Crippen LogP contribution < -0.4 is 4.74 Å². The van der Waals surface area contributed by atoms with Crippen molar-refractivity contribution in [3.05, 3.63) is 71.8 Å². The second kappa shape index (κ2) is 7.84. The molecular weight excluding hydrogens is 455 g/mol. The first-order chi connectivity index (χ1) is 15.0. The number of ether oxygens (including phenoxy) is 2. The quantitative estimate of drug-likeness (QED) is 0.461. The number of hydrogen-bond donors (Lipinski definition) is 0. The summed E-state index contributed by atoms with van der Waals surface area (Å²) in [6, 6.07) is 4.65. The molecule has 0 bridgehead atoms. The van der Waals surface area contributed by atoms with Gasteiger partial charge in [-0.2, -0.15) is 13.2 Å². The number of rotatable bonds is 4. The van der Waals surface area contributed by atoms with Gasteiger partial charge in [-0.25, -0.2) is 17.2 Å². The van der Waals surface area contributed by atoms with E-state index in [4.69, 9.17) is 9.47 Å². The maximum absolute atomic E-state index is 15.1. The molecule has 3 atom stereocenters. The lowest BCUT2D eigenvalue weighted by Crippen LogP contribution is -2.57. The van der Waals surface area contributed by atoms with Crippen LogP contribution in [0.3, 0.4) is 0 Å². The third-order valence-corrected chi connectivity index (χ3v) is 8.68. The molecule has 2 aromatic carbocycles. The SMILES string of the molecule is C=CC[C@@H]1OCC[C@@]2(S(=O)(=O)c3ccc(C(F)(F)F)cc3)c3c(F)ccc(F)c3OC[C@@H]12. The summed E-state index contributed by atoms with van der Waals surface area (Å²) in [6.07, 6.45) is -3.85. The van der Waals surface area contributed by atoms with Gasteiger partial charge in [-0.05, 0) is 49.2 Å². The second-order valence-electron chi connectivity index (χ2n) is 7.75. The van der Waals surface area contributed by atoms with Crippen LogP contribution >= 0.6 is 0 Å². The summed E-state index contributed by atoms with van der Waals surface area (Å²) in [4.78, 5) is -0.425. The van der Waals surface area contributed by atoms with E-state index in [1.54, 1.807) is 0 Å². The predicted octanol–water partition coefficient (Wildman–Crippen LogP) is 5.03. The predicted molar refractivity (Wildman–Crippen MR) is 105 cm³/mol. The minimum absolute atomic E-state index is 0.0791. The standard InChI is InChI=1S/C22H19F5O4S/c1-2-3-18-15-12-31-20-17(24)9-8-16(23)19(20)21(15,10-11-30-18)32(28,29)14-6-4-13(5-7-14)22(25,26)27/h2,4-9,15,18H,1,3,10-12H2/t15-,18-,21-/m0/s1. The molecule has 0 spiro atoms. The summed E-state index contributed by atoms with van der Waals surface area (Å²) in [7, 11) is -4.52. The van der Waals surface area contributed by atoms with Crippen LogP contribution in [-0.4, -0.2) is 27.7 Å². The van der Waals surface area contributed by atoms with Gasteiger partial charge in [0.25, 0.3) is 0 Å². The molecule has 2 aliphatic rings. The van der Waals surface area contributed by atoms with E-state index in [2.05, 4.69) is 6.58 Å². The van der Waals surface area contributed by atoms with Gasteiger partial charge >= 0.3 is 6.18 Å². The van der Waals surface area contributed by atoms with Crippen molar-refractivity contribution in [2.75, 3.05) is 13.2 Å². The molecule has 1 fully saturated rings. The maximum atomic E-state index is 15.1. The Balaban J connectivity index is 1.97. The van der Waals surface area contributed by atoms with Gasteiger partial charge < -0.3 is 9.47 Å². The van der Waals surface area contributed by atoms with Crippen molar-refractivity contribution in [3.63, 3.8) is 0 Å². The molecular formula is C22H19F5O4S. The van der Waals surface area contributed by atoms with Crippen molar-refractivity contribution in [2.45, 2.75) is 34.8 Å². The molecule has 32 heavy (non-hydrogen) atoms. The Morgan fingerprint density at radius 2 is 1.75 bits per heavy atom. The minimum Gasteiger partial charge on any atom is -0.490 e.